The van der Waals surface area contributed by atoms with Crippen LogP contribution < -0.4 is 5.73 Å². The SMILES string of the molecule is CCc1c(N)n[nH]c1CC12CC3CC(CC(C3)C1)C2. The minimum absolute atomic E-state index is 0.581. The Bertz CT molecular complexity index is 453. The van der Waals surface area contributed by atoms with Crippen LogP contribution in [0.4, 0.5) is 5.82 Å². The van der Waals surface area contributed by atoms with Crippen LogP contribution in [0.25, 0.3) is 0 Å². The van der Waals surface area contributed by atoms with Crippen molar-refractivity contribution in [2.45, 2.75) is 58.3 Å². The summed E-state index contributed by atoms with van der Waals surface area (Å²) < 4.78 is 0. The van der Waals surface area contributed by atoms with Gasteiger partial charge >= 0.3 is 0 Å². The van der Waals surface area contributed by atoms with Gasteiger partial charge in [0, 0.05) is 11.3 Å². The van der Waals surface area contributed by atoms with Crippen molar-refractivity contribution < 1.29 is 0 Å². The average Bonchev–Trinajstić information content (AvgIpc) is 2.67. The van der Waals surface area contributed by atoms with Crippen LogP contribution in [0.5, 0.6) is 0 Å². The van der Waals surface area contributed by atoms with Crippen molar-refractivity contribution in [1.82, 2.24) is 10.2 Å². The van der Waals surface area contributed by atoms with E-state index in [9.17, 15) is 0 Å². The number of aromatic nitrogens is 2. The van der Waals surface area contributed by atoms with E-state index in [2.05, 4.69) is 17.1 Å². The highest BCUT2D eigenvalue weighted by atomic mass is 15.2. The highest BCUT2D eigenvalue weighted by Gasteiger charge is 2.50. The van der Waals surface area contributed by atoms with E-state index in [0.717, 1.165) is 30.0 Å². The summed E-state index contributed by atoms with van der Waals surface area (Å²) in [6.45, 7) is 2.18. The van der Waals surface area contributed by atoms with E-state index in [0.29, 0.717) is 5.41 Å². The van der Waals surface area contributed by atoms with Crippen molar-refractivity contribution in [3.8, 4) is 0 Å². The first-order chi connectivity index (χ1) is 9.17. The van der Waals surface area contributed by atoms with E-state index in [1.165, 1.54) is 56.2 Å². The maximum atomic E-state index is 5.98. The predicted molar refractivity (Wildman–Crippen MR) is 76.7 cm³/mol. The van der Waals surface area contributed by atoms with Crippen LogP contribution in [0, 0.1) is 23.2 Å². The second-order valence-corrected chi connectivity index (χ2v) is 7.51. The smallest absolute Gasteiger partial charge is 0.148 e. The summed E-state index contributed by atoms with van der Waals surface area (Å²) in [6.07, 6.45) is 11.1. The highest BCUT2D eigenvalue weighted by molar-refractivity contribution is 5.42. The van der Waals surface area contributed by atoms with Gasteiger partial charge in [-0.25, -0.2) is 0 Å². The maximum Gasteiger partial charge on any atom is 0.148 e. The fraction of sp³-hybridized carbons (Fsp3) is 0.812. The molecule has 3 nitrogen and oxygen atoms in total. The Kier molecular flexibility index (Phi) is 2.49. The Morgan fingerprint density at radius 2 is 1.74 bits per heavy atom. The van der Waals surface area contributed by atoms with Gasteiger partial charge in [-0.15, -0.1) is 0 Å². The quantitative estimate of drug-likeness (QED) is 0.875. The summed E-state index contributed by atoms with van der Waals surface area (Å²) in [6, 6.07) is 0. The molecule has 104 valence electrons. The molecule has 0 radical (unpaired) electrons. The molecule has 4 aliphatic rings. The summed E-state index contributed by atoms with van der Waals surface area (Å²) in [5.41, 5.74) is 9.17. The zero-order valence-electron chi connectivity index (χ0n) is 11.9. The number of anilines is 1. The minimum atomic E-state index is 0.581. The molecule has 0 unspecified atom stereocenters. The number of nitrogens with one attached hydrogen (secondary N) is 1. The molecule has 3 N–H and O–H groups in total. The molecule has 5 rings (SSSR count). The lowest BCUT2D eigenvalue weighted by Gasteiger charge is -2.57. The third-order valence-electron chi connectivity index (χ3n) is 6.06. The molecular formula is C16H25N3. The maximum absolute atomic E-state index is 5.98. The van der Waals surface area contributed by atoms with Crippen LogP contribution in [-0.4, -0.2) is 10.2 Å². The Balaban J connectivity index is 1.62. The molecule has 0 spiro atoms. The number of rotatable bonds is 3. The van der Waals surface area contributed by atoms with Gasteiger partial charge < -0.3 is 5.73 Å². The van der Waals surface area contributed by atoms with Crippen molar-refractivity contribution in [2.24, 2.45) is 23.2 Å². The molecule has 3 heteroatoms. The molecule has 0 aromatic carbocycles. The van der Waals surface area contributed by atoms with Gasteiger partial charge in [-0.1, -0.05) is 6.92 Å². The monoisotopic (exact) mass is 259 g/mol. The standard InChI is InChI=1S/C16H25N3/c1-2-13-14(18-19-15(13)17)9-16-6-10-3-11(7-16)5-12(4-10)8-16/h10-12H,2-9H2,1H3,(H3,17,18,19). The third kappa shape index (κ3) is 1.81. The van der Waals surface area contributed by atoms with Crippen LogP contribution in [0.2, 0.25) is 0 Å². The Labute approximate surface area is 115 Å². The van der Waals surface area contributed by atoms with Crippen LogP contribution >= 0.6 is 0 Å². The molecule has 4 saturated carbocycles. The van der Waals surface area contributed by atoms with E-state index < -0.39 is 0 Å². The van der Waals surface area contributed by atoms with Crippen molar-refractivity contribution >= 4 is 5.82 Å². The molecule has 1 aromatic heterocycles. The number of aromatic amines is 1. The van der Waals surface area contributed by atoms with Gasteiger partial charge in [0.25, 0.3) is 0 Å². The molecule has 1 aromatic rings. The summed E-state index contributed by atoms with van der Waals surface area (Å²) in [5, 5.41) is 7.46. The lowest BCUT2D eigenvalue weighted by molar-refractivity contribution is -0.0527. The number of hydrogen-bond acceptors (Lipinski definition) is 2. The first kappa shape index (κ1) is 11.8. The van der Waals surface area contributed by atoms with E-state index in [4.69, 9.17) is 5.73 Å². The zero-order chi connectivity index (χ0) is 13.0. The molecule has 0 amide bonds. The largest absolute Gasteiger partial charge is 0.382 e. The number of hydrogen-bond donors (Lipinski definition) is 2. The molecule has 4 aliphatic carbocycles. The van der Waals surface area contributed by atoms with Crippen LogP contribution in [-0.2, 0) is 12.8 Å². The Morgan fingerprint density at radius 3 is 2.26 bits per heavy atom. The minimum Gasteiger partial charge on any atom is -0.382 e. The lowest BCUT2D eigenvalue weighted by atomic mass is 9.48. The third-order valence-corrected chi connectivity index (χ3v) is 6.06. The summed E-state index contributed by atoms with van der Waals surface area (Å²) >= 11 is 0. The van der Waals surface area contributed by atoms with Crippen LogP contribution in [0.1, 0.15) is 56.7 Å². The van der Waals surface area contributed by atoms with E-state index in [1.54, 1.807) is 0 Å². The van der Waals surface area contributed by atoms with Crippen LogP contribution in [0.3, 0.4) is 0 Å². The van der Waals surface area contributed by atoms with E-state index >= 15 is 0 Å². The first-order valence-electron chi connectivity index (χ1n) is 7.99. The van der Waals surface area contributed by atoms with E-state index in [-0.39, 0.29) is 0 Å². The van der Waals surface area contributed by atoms with Crippen molar-refractivity contribution in [3.05, 3.63) is 11.3 Å². The molecule has 4 fully saturated rings. The normalized spacial score (nSPS) is 39.9. The topological polar surface area (TPSA) is 54.7 Å². The molecule has 0 aliphatic heterocycles. The first-order valence-corrected chi connectivity index (χ1v) is 7.99. The van der Waals surface area contributed by atoms with Gasteiger partial charge in [0.05, 0.1) is 0 Å². The number of nitrogens with zero attached hydrogens (tertiary/aromatic N) is 1. The van der Waals surface area contributed by atoms with Gasteiger partial charge in [0.2, 0.25) is 0 Å². The highest BCUT2D eigenvalue weighted by Crippen LogP contribution is 2.61. The predicted octanol–water partition coefficient (Wildman–Crippen LogP) is 3.31. The zero-order valence-corrected chi connectivity index (χ0v) is 11.9. The second kappa shape index (κ2) is 4.00. The lowest BCUT2D eigenvalue weighted by Crippen LogP contribution is -2.47. The number of nitrogens with two attached hydrogens (primary N) is 1. The second-order valence-electron chi connectivity index (χ2n) is 7.51. The molecular weight excluding hydrogens is 234 g/mol. The molecule has 4 bridgehead atoms. The van der Waals surface area contributed by atoms with Crippen LogP contribution in [0.15, 0.2) is 0 Å². The number of H-pyrrole nitrogens is 1. The summed E-state index contributed by atoms with van der Waals surface area (Å²) in [4.78, 5) is 0. The van der Waals surface area contributed by atoms with Gasteiger partial charge in [0.1, 0.15) is 5.82 Å². The number of nitrogen functional groups attached to an aromatic ring is 1. The molecule has 1 heterocycles. The van der Waals surface area contributed by atoms with E-state index in [1.807, 2.05) is 0 Å². The van der Waals surface area contributed by atoms with Gasteiger partial charge in [-0.2, -0.15) is 5.10 Å². The average molecular weight is 259 g/mol. The Morgan fingerprint density at radius 1 is 1.16 bits per heavy atom. The Hall–Kier alpha value is -0.990. The summed E-state index contributed by atoms with van der Waals surface area (Å²) in [7, 11) is 0. The molecule has 0 atom stereocenters. The van der Waals surface area contributed by atoms with Crippen molar-refractivity contribution in [2.75, 3.05) is 5.73 Å². The van der Waals surface area contributed by atoms with Gasteiger partial charge in [-0.05, 0) is 74.5 Å². The van der Waals surface area contributed by atoms with Gasteiger partial charge in [-0.3, -0.25) is 5.10 Å². The fourth-order valence-electron chi connectivity index (χ4n) is 5.84. The summed E-state index contributed by atoms with van der Waals surface area (Å²) in [5.74, 6) is 3.80. The molecule has 0 saturated heterocycles. The molecule has 19 heavy (non-hydrogen) atoms. The fourth-order valence-corrected chi connectivity index (χ4v) is 5.84. The van der Waals surface area contributed by atoms with Gasteiger partial charge in [0.15, 0.2) is 0 Å². The van der Waals surface area contributed by atoms with Crippen molar-refractivity contribution in [3.63, 3.8) is 0 Å². The van der Waals surface area contributed by atoms with Crippen molar-refractivity contribution in [1.29, 1.82) is 0 Å².